The lowest BCUT2D eigenvalue weighted by Crippen LogP contribution is -2.27. The van der Waals surface area contributed by atoms with Crippen molar-refractivity contribution in [3.05, 3.63) is 70.2 Å². The minimum Gasteiger partial charge on any atom is -0.474 e. The molecule has 0 bridgehead atoms. The molecule has 0 aromatic heterocycles. The number of nitrogens with one attached hydrogen (secondary N) is 1. The van der Waals surface area contributed by atoms with Crippen LogP contribution in [0, 0.1) is 0 Å². The Labute approximate surface area is 126 Å². The summed E-state index contributed by atoms with van der Waals surface area (Å²) in [6, 6.07) is 18.3. The number of benzene rings is 2. The van der Waals surface area contributed by atoms with Gasteiger partial charge in [-0.05, 0) is 23.8 Å². The fourth-order valence-electron chi connectivity index (χ4n) is 2.09. The van der Waals surface area contributed by atoms with Crippen LogP contribution in [0.2, 0.25) is 0 Å². The Balaban J connectivity index is 1.63. The van der Waals surface area contributed by atoms with E-state index in [0.29, 0.717) is 12.5 Å². The van der Waals surface area contributed by atoms with Gasteiger partial charge in [0.1, 0.15) is 12.8 Å². The van der Waals surface area contributed by atoms with Gasteiger partial charge < -0.3 is 4.74 Å². The second kappa shape index (κ2) is 6.20. The Bertz CT molecular complexity index is 613. The Morgan fingerprint density at radius 3 is 2.80 bits per heavy atom. The summed E-state index contributed by atoms with van der Waals surface area (Å²) in [4.78, 5) is 4.58. The van der Waals surface area contributed by atoms with Crippen LogP contribution in [0.1, 0.15) is 11.1 Å². The van der Waals surface area contributed by atoms with Gasteiger partial charge in [-0.2, -0.15) is 0 Å². The van der Waals surface area contributed by atoms with Gasteiger partial charge in [-0.15, -0.1) is 0 Å². The zero-order valence-corrected chi connectivity index (χ0v) is 12.5. The van der Waals surface area contributed by atoms with Gasteiger partial charge in [0.15, 0.2) is 0 Å². The largest absolute Gasteiger partial charge is 0.474 e. The van der Waals surface area contributed by atoms with Crippen molar-refractivity contribution in [3.8, 4) is 0 Å². The van der Waals surface area contributed by atoms with E-state index in [0.717, 1.165) is 16.6 Å². The maximum atomic E-state index is 5.66. The topological polar surface area (TPSA) is 33.6 Å². The number of aliphatic imine (C=N–C) groups is 1. The first-order valence-corrected chi connectivity index (χ1v) is 7.34. The molecule has 1 unspecified atom stereocenters. The van der Waals surface area contributed by atoms with Crippen molar-refractivity contribution in [2.24, 2.45) is 4.99 Å². The lowest BCUT2D eigenvalue weighted by Gasteiger charge is -2.07. The van der Waals surface area contributed by atoms with Gasteiger partial charge in [0.05, 0.1) is 0 Å². The summed E-state index contributed by atoms with van der Waals surface area (Å²) in [7, 11) is 0. The molecule has 0 saturated heterocycles. The summed E-state index contributed by atoms with van der Waals surface area (Å²) in [6.45, 7) is 1.37. The van der Waals surface area contributed by atoms with E-state index in [2.05, 4.69) is 38.4 Å². The SMILES string of the molecule is Brc1cccc(C2=NC(NCc3ccccc3)CO2)c1. The summed E-state index contributed by atoms with van der Waals surface area (Å²) in [5.74, 6) is 0.705. The molecular formula is C16H15BrN2O. The minimum absolute atomic E-state index is 0.0178. The third kappa shape index (κ3) is 3.26. The lowest BCUT2D eigenvalue weighted by atomic mass is 10.2. The van der Waals surface area contributed by atoms with Crippen LogP contribution < -0.4 is 5.32 Å². The van der Waals surface area contributed by atoms with E-state index in [4.69, 9.17) is 4.74 Å². The smallest absolute Gasteiger partial charge is 0.217 e. The minimum atomic E-state index is 0.0178. The van der Waals surface area contributed by atoms with E-state index in [-0.39, 0.29) is 6.17 Å². The van der Waals surface area contributed by atoms with Gasteiger partial charge in [0.2, 0.25) is 5.90 Å². The molecule has 4 heteroatoms. The second-order valence-electron chi connectivity index (χ2n) is 4.64. The number of rotatable bonds is 4. The van der Waals surface area contributed by atoms with E-state index < -0.39 is 0 Å². The zero-order chi connectivity index (χ0) is 13.8. The average molecular weight is 331 g/mol. The predicted molar refractivity (Wildman–Crippen MR) is 83.7 cm³/mol. The van der Waals surface area contributed by atoms with Crippen LogP contribution in [0.4, 0.5) is 0 Å². The predicted octanol–water partition coefficient (Wildman–Crippen LogP) is 3.34. The number of ether oxygens (including phenoxy) is 1. The molecule has 0 saturated carbocycles. The molecule has 2 aromatic carbocycles. The molecule has 3 nitrogen and oxygen atoms in total. The van der Waals surface area contributed by atoms with Gasteiger partial charge in [0, 0.05) is 16.6 Å². The van der Waals surface area contributed by atoms with E-state index in [9.17, 15) is 0 Å². The van der Waals surface area contributed by atoms with E-state index >= 15 is 0 Å². The number of hydrogen-bond donors (Lipinski definition) is 1. The lowest BCUT2D eigenvalue weighted by molar-refractivity contribution is 0.298. The molecule has 3 rings (SSSR count). The molecule has 2 aromatic rings. The van der Waals surface area contributed by atoms with Crippen molar-refractivity contribution >= 4 is 21.8 Å². The fourth-order valence-corrected chi connectivity index (χ4v) is 2.49. The quantitative estimate of drug-likeness (QED) is 0.932. The highest BCUT2D eigenvalue weighted by atomic mass is 79.9. The molecular weight excluding hydrogens is 316 g/mol. The summed E-state index contributed by atoms with van der Waals surface area (Å²) >= 11 is 3.46. The Kier molecular flexibility index (Phi) is 4.14. The van der Waals surface area contributed by atoms with Gasteiger partial charge in [-0.3, -0.25) is 5.32 Å². The second-order valence-corrected chi connectivity index (χ2v) is 5.55. The van der Waals surface area contributed by atoms with Gasteiger partial charge >= 0.3 is 0 Å². The molecule has 0 spiro atoms. The van der Waals surface area contributed by atoms with Crippen molar-refractivity contribution in [3.63, 3.8) is 0 Å². The molecule has 1 heterocycles. The number of nitrogens with zero attached hydrogens (tertiary/aromatic N) is 1. The summed E-state index contributed by atoms with van der Waals surface area (Å²) in [6.07, 6.45) is 0.0178. The average Bonchev–Trinajstić information content (AvgIpc) is 2.95. The fraction of sp³-hybridized carbons (Fsp3) is 0.188. The highest BCUT2D eigenvalue weighted by Crippen LogP contribution is 2.16. The summed E-state index contributed by atoms with van der Waals surface area (Å²) in [5.41, 5.74) is 2.25. The Hall–Kier alpha value is -1.65. The molecule has 102 valence electrons. The van der Waals surface area contributed by atoms with Crippen molar-refractivity contribution in [1.29, 1.82) is 0 Å². The first-order valence-electron chi connectivity index (χ1n) is 6.55. The number of hydrogen-bond acceptors (Lipinski definition) is 3. The maximum absolute atomic E-state index is 5.66. The molecule has 0 fully saturated rings. The van der Waals surface area contributed by atoms with Crippen LogP contribution in [0.3, 0.4) is 0 Å². The van der Waals surface area contributed by atoms with Crippen molar-refractivity contribution in [2.45, 2.75) is 12.7 Å². The van der Waals surface area contributed by atoms with E-state index in [1.807, 2.05) is 42.5 Å². The van der Waals surface area contributed by atoms with E-state index in [1.54, 1.807) is 0 Å². The first kappa shape index (κ1) is 13.3. The highest BCUT2D eigenvalue weighted by Gasteiger charge is 2.19. The normalized spacial score (nSPS) is 17.6. The Morgan fingerprint density at radius 1 is 1.15 bits per heavy atom. The van der Waals surface area contributed by atoms with Crippen LogP contribution in [0.5, 0.6) is 0 Å². The van der Waals surface area contributed by atoms with Crippen molar-refractivity contribution < 1.29 is 4.74 Å². The molecule has 1 aliphatic heterocycles. The first-order chi connectivity index (χ1) is 9.81. The van der Waals surface area contributed by atoms with Gasteiger partial charge in [0.25, 0.3) is 0 Å². The monoisotopic (exact) mass is 330 g/mol. The van der Waals surface area contributed by atoms with E-state index in [1.165, 1.54) is 5.56 Å². The van der Waals surface area contributed by atoms with Crippen LogP contribution in [-0.2, 0) is 11.3 Å². The number of halogens is 1. The molecule has 1 aliphatic rings. The molecule has 0 radical (unpaired) electrons. The standard InChI is InChI=1S/C16H15BrN2O/c17-14-8-4-7-13(9-14)16-19-15(11-20-16)18-10-12-5-2-1-3-6-12/h1-9,15,18H,10-11H2. The third-order valence-corrected chi connectivity index (χ3v) is 3.60. The molecule has 1 N–H and O–H groups in total. The Morgan fingerprint density at radius 2 is 2.00 bits per heavy atom. The van der Waals surface area contributed by atoms with Crippen LogP contribution >= 0.6 is 15.9 Å². The van der Waals surface area contributed by atoms with Crippen molar-refractivity contribution in [2.75, 3.05) is 6.61 Å². The van der Waals surface area contributed by atoms with Crippen LogP contribution in [0.25, 0.3) is 0 Å². The zero-order valence-electron chi connectivity index (χ0n) is 10.9. The van der Waals surface area contributed by atoms with Gasteiger partial charge in [-0.1, -0.05) is 52.3 Å². The maximum Gasteiger partial charge on any atom is 0.217 e. The van der Waals surface area contributed by atoms with Crippen LogP contribution in [-0.4, -0.2) is 18.7 Å². The van der Waals surface area contributed by atoms with Crippen LogP contribution in [0.15, 0.2) is 64.1 Å². The van der Waals surface area contributed by atoms with Crippen molar-refractivity contribution in [1.82, 2.24) is 5.32 Å². The highest BCUT2D eigenvalue weighted by molar-refractivity contribution is 9.10. The third-order valence-electron chi connectivity index (χ3n) is 3.11. The molecule has 20 heavy (non-hydrogen) atoms. The summed E-state index contributed by atoms with van der Waals surface area (Å²) in [5, 5.41) is 3.39. The van der Waals surface area contributed by atoms with Gasteiger partial charge in [-0.25, -0.2) is 4.99 Å². The molecule has 0 aliphatic carbocycles. The molecule has 1 atom stereocenters. The molecule has 0 amide bonds. The summed E-state index contributed by atoms with van der Waals surface area (Å²) < 4.78 is 6.69.